The lowest BCUT2D eigenvalue weighted by molar-refractivity contribution is -0.0498. The summed E-state index contributed by atoms with van der Waals surface area (Å²) in [5, 5.41) is 0. The van der Waals surface area contributed by atoms with E-state index in [-0.39, 0.29) is 11.3 Å². The van der Waals surface area contributed by atoms with Gasteiger partial charge in [0, 0.05) is 11.8 Å². The summed E-state index contributed by atoms with van der Waals surface area (Å²) in [6.45, 7) is -2.91. The van der Waals surface area contributed by atoms with Crippen LogP contribution in [0, 0.1) is 5.82 Å². The standard InChI is InChI=1S/C13H11F3N2O/c14-11-7-18-5-4-10(11)12(17)8-2-1-3-9(6-8)19-13(15)16/h1-7,12-13H,17H2. The smallest absolute Gasteiger partial charge is 0.387 e. The van der Waals surface area contributed by atoms with Crippen LogP contribution in [0.1, 0.15) is 17.2 Å². The van der Waals surface area contributed by atoms with Crippen LogP contribution in [-0.2, 0) is 0 Å². The third kappa shape index (κ3) is 3.23. The molecule has 0 fully saturated rings. The number of benzene rings is 1. The maximum atomic E-state index is 13.5. The summed E-state index contributed by atoms with van der Waals surface area (Å²) in [4.78, 5) is 3.62. The van der Waals surface area contributed by atoms with E-state index in [2.05, 4.69) is 9.72 Å². The molecule has 19 heavy (non-hydrogen) atoms. The Bertz CT molecular complexity index is 563. The molecule has 0 aliphatic heterocycles. The van der Waals surface area contributed by atoms with Gasteiger partial charge in [-0.15, -0.1) is 0 Å². The van der Waals surface area contributed by atoms with Gasteiger partial charge in [0.1, 0.15) is 11.6 Å². The van der Waals surface area contributed by atoms with Gasteiger partial charge < -0.3 is 10.5 Å². The van der Waals surface area contributed by atoms with Crippen molar-refractivity contribution in [2.75, 3.05) is 0 Å². The number of nitrogens with zero attached hydrogens (tertiary/aromatic N) is 1. The highest BCUT2D eigenvalue weighted by molar-refractivity contribution is 5.36. The number of hydrogen-bond donors (Lipinski definition) is 1. The minimum Gasteiger partial charge on any atom is -0.435 e. The zero-order chi connectivity index (χ0) is 13.8. The van der Waals surface area contributed by atoms with Crippen LogP contribution in [0.3, 0.4) is 0 Å². The van der Waals surface area contributed by atoms with Crippen LogP contribution in [0.5, 0.6) is 5.75 Å². The van der Waals surface area contributed by atoms with Gasteiger partial charge in [-0.1, -0.05) is 12.1 Å². The number of rotatable bonds is 4. The van der Waals surface area contributed by atoms with Crippen LogP contribution in [0.2, 0.25) is 0 Å². The van der Waals surface area contributed by atoms with Crippen LogP contribution in [0.25, 0.3) is 0 Å². The van der Waals surface area contributed by atoms with E-state index >= 15 is 0 Å². The Kier molecular flexibility index (Phi) is 4.01. The average Bonchev–Trinajstić information content (AvgIpc) is 2.38. The molecule has 0 bridgehead atoms. The molecule has 0 radical (unpaired) electrons. The Morgan fingerprint density at radius 2 is 2.00 bits per heavy atom. The van der Waals surface area contributed by atoms with E-state index in [0.29, 0.717) is 5.56 Å². The Balaban J connectivity index is 2.29. The molecule has 2 aromatic rings. The number of hydrogen-bond acceptors (Lipinski definition) is 3. The highest BCUT2D eigenvalue weighted by Gasteiger charge is 2.14. The summed E-state index contributed by atoms with van der Waals surface area (Å²) in [6, 6.07) is 6.54. The van der Waals surface area contributed by atoms with Crippen LogP contribution in [-0.4, -0.2) is 11.6 Å². The third-order valence-corrected chi connectivity index (χ3v) is 2.58. The molecular formula is C13H11F3N2O. The maximum absolute atomic E-state index is 13.5. The molecule has 0 spiro atoms. The first-order valence-electron chi connectivity index (χ1n) is 5.47. The largest absolute Gasteiger partial charge is 0.435 e. The first kappa shape index (κ1) is 13.4. The molecule has 100 valence electrons. The Labute approximate surface area is 107 Å². The number of halogens is 3. The van der Waals surface area contributed by atoms with Gasteiger partial charge in [-0.05, 0) is 23.8 Å². The first-order chi connectivity index (χ1) is 9.08. The minimum atomic E-state index is -2.91. The Morgan fingerprint density at radius 1 is 1.21 bits per heavy atom. The van der Waals surface area contributed by atoms with Gasteiger partial charge >= 0.3 is 6.61 Å². The zero-order valence-electron chi connectivity index (χ0n) is 9.76. The molecule has 2 rings (SSSR count). The van der Waals surface area contributed by atoms with Crippen molar-refractivity contribution in [2.24, 2.45) is 5.73 Å². The van der Waals surface area contributed by atoms with Crippen molar-refractivity contribution < 1.29 is 17.9 Å². The van der Waals surface area contributed by atoms with Crippen molar-refractivity contribution in [3.8, 4) is 5.75 Å². The highest BCUT2D eigenvalue weighted by Crippen LogP contribution is 2.25. The van der Waals surface area contributed by atoms with E-state index < -0.39 is 18.5 Å². The minimum absolute atomic E-state index is 0.0163. The summed E-state index contributed by atoms with van der Waals surface area (Å²) < 4.78 is 42.1. The molecule has 6 heteroatoms. The fourth-order valence-electron chi connectivity index (χ4n) is 1.70. The SMILES string of the molecule is NC(c1cccc(OC(F)F)c1)c1ccncc1F. The number of aromatic nitrogens is 1. The van der Waals surface area contributed by atoms with Crippen LogP contribution < -0.4 is 10.5 Å². The van der Waals surface area contributed by atoms with Crippen molar-refractivity contribution in [1.29, 1.82) is 0 Å². The van der Waals surface area contributed by atoms with Crippen molar-refractivity contribution in [1.82, 2.24) is 4.98 Å². The van der Waals surface area contributed by atoms with E-state index in [1.165, 1.54) is 30.5 Å². The second kappa shape index (κ2) is 5.71. The van der Waals surface area contributed by atoms with Crippen molar-refractivity contribution in [3.05, 3.63) is 59.7 Å². The van der Waals surface area contributed by atoms with E-state index in [1.807, 2.05) is 0 Å². The fourth-order valence-corrected chi connectivity index (χ4v) is 1.70. The molecule has 0 saturated carbocycles. The highest BCUT2D eigenvalue weighted by atomic mass is 19.3. The second-order valence-corrected chi connectivity index (χ2v) is 3.83. The van der Waals surface area contributed by atoms with Gasteiger partial charge in [0.05, 0.1) is 12.2 Å². The van der Waals surface area contributed by atoms with E-state index in [1.54, 1.807) is 6.07 Å². The molecule has 1 atom stereocenters. The lowest BCUT2D eigenvalue weighted by atomic mass is 10.00. The van der Waals surface area contributed by atoms with E-state index in [9.17, 15) is 13.2 Å². The Hall–Kier alpha value is -2.08. The summed E-state index contributed by atoms with van der Waals surface area (Å²) in [5.74, 6) is -0.562. The zero-order valence-corrected chi connectivity index (χ0v) is 9.76. The first-order valence-corrected chi connectivity index (χ1v) is 5.47. The van der Waals surface area contributed by atoms with Gasteiger partial charge in [-0.2, -0.15) is 8.78 Å². The van der Waals surface area contributed by atoms with E-state index in [4.69, 9.17) is 5.73 Å². The molecule has 2 N–H and O–H groups in total. The number of ether oxygens (including phenoxy) is 1. The summed E-state index contributed by atoms with van der Waals surface area (Å²) in [7, 11) is 0. The lowest BCUT2D eigenvalue weighted by Gasteiger charge is -2.14. The van der Waals surface area contributed by atoms with Crippen LogP contribution in [0.4, 0.5) is 13.2 Å². The quantitative estimate of drug-likeness (QED) is 0.927. The average molecular weight is 268 g/mol. The number of pyridine rings is 1. The van der Waals surface area contributed by atoms with Gasteiger partial charge in [0.15, 0.2) is 0 Å². The van der Waals surface area contributed by atoms with Gasteiger partial charge in [-0.25, -0.2) is 4.39 Å². The molecule has 0 aliphatic rings. The van der Waals surface area contributed by atoms with E-state index in [0.717, 1.165) is 6.20 Å². The lowest BCUT2D eigenvalue weighted by Crippen LogP contribution is -2.14. The topological polar surface area (TPSA) is 48.1 Å². The number of alkyl halides is 2. The summed E-state index contributed by atoms with van der Waals surface area (Å²) >= 11 is 0. The number of nitrogens with two attached hydrogens (primary N) is 1. The molecule has 0 aliphatic carbocycles. The molecular weight excluding hydrogens is 257 g/mol. The third-order valence-electron chi connectivity index (χ3n) is 2.58. The van der Waals surface area contributed by atoms with Crippen molar-refractivity contribution in [2.45, 2.75) is 12.7 Å². The monoisotopic (exact) mass is 268 g/mol. The molecule has 1 unspecified atom stereocenters. The Morgan fingerprint density at radius 3 is 2.68 bits per heavy atom. The molecule has 1 heterocycles. The molecule has 1 aromatic heterocycles. The summed E-state index contributed by atoms with van der Waals surface area (Å²) in [6.07, 6.45) is 2.46. The summed E-state index contributed by atoms with van der Waals surface area (Å²) in [5.41, 5.74) is 6.62. The van der Waals surface area contributed by atoms with Gasteiger partial charge in [-0.3, -0.25) is 4.98 Å². The molecule has 0 amide bonds. The van der Waals surface area contributed by atoms with Crippen LogP contribution >= 0.6 is 0 Å². The van der Waals surface area contributed by atoms with Crippen LogP contribution in [0.15, 0.2) is 42.7 Å². The van der Waals surface area contributed by atoms with Crippen molar-refractivity contribution in [3.63, 3.8) is 0 Å². The second-order valence-electron chi connectivity index (χ2n) is 3.83. The maximum Gasteiger partial charge on any atom is 0.387 e. The van der Waals surface area contributed by atoms with Crippen molar-refractivity contribution >= 4 is 0 Å². The normalized spacial score (nSPS) is 12.5. The van der Waals surface area contributed by atoms with Gasteiger partial charge in [0.2, 0.25) is 0 Å². The van der Waals surface area contributed by atoms with Gasteiger partial charge in [0.25, 0.3) is 0 Å². The predicted octanol–water partition coefficient (Wildman–Crippen LogP) is 2.87. The molecule has 0 saturated heterocycles. The molecule has 1 aromatic carbocycles. The molecule has 3 nitrogen and oxygen atoms in total. The predicted molar refractivity (Wildman–Crippen MR) is 63.3 cm³/mol. The fraction of sp³-hybridized carbons (Fsp3) is 0.154.